The smallest absolute Gasteiger partial charge is 1.00 e. The van der Waals surface area contributed by atoms with Crippen molar-refractivity contribution in [2.75, 3.05) is 6.54 Å². The van der Waals surface area contributed by atoms with Gasteiger partial charge in [-0.3, -0.25) is 6.08 Å². The van der Waals surface area contributed by atoms with Gasteiger partial charge in [-0.05, 0) is 6.42 Å². The molecule has 0 N–H and O–H groups in total. The van der Waals surface area contributed by atoms with Crippen molar-refractivity contribution in [3.8, 4) is 0 Å². The average molecular weight is 326 g/mol. The predicted octanol–water partition coefficient (Wildman–Crippen LogP) is -2.35. The van der Waals surface area contributed by atoms with Crippen molar-refractivity contribution in [1.29, 1.82) is 0 Å². The molecule has 0 fully saturated rings. The second-order valence-corrected chi connectivity index (χ2v) is 3.63. The summed E-state index contributed by atoms with van der Waals surface area (Å²) < 4.78 is 0. The van der Waals surface area contributed by atoms with Gasteiger partial charge in [0.15, 0.2) is 0 Å². The first kappa shape index (κ1) is 26.7. The van der Waals surface area contributed by atoms with Crippen LogP contribution >= 0.6 is 0 Å². The standard InChI is InChI=1S/C8H11.C5H11NO.2ClH.Ti/c1-6-4-7(2)8(3)5-6;1-3-5(7)6-4-2;;;/h4,6H,1-3H3;3-4H2,1-2H3,(H,6,7);2*1H;/q-1;;;;+4/p-3. The molecule has 1 atom stereocenters. The van der Waals surface area contributed by atoms with Crippen molar-refractivity contribution in [3.63, 3.8) is 0 Å². The second kappa shape index (κ2) is 15.3. The Balaban J connectivity index is -0.0000000942. The number of hydrogen-bond donors (Lipinski definition) is 0. The van der Waals surface area contributed by atoms with E-state index in [0.29, 0.717) is 18.9 Å². The van der Waals surface area contributed by atoms with Crippen LogP contribution in [0.2, 0.25) is 0 Å². The van der Waals surface area contributed by atoms with Gasteiger partial charge < -0.3 is 34.9 Å². The molecule has 0 aromatic heterocycles. The molecular formula is C13H21Cl2NOTi. The van der Waals surface area contributed by atoms with Crippen molar-refractivity contribution >= 4 is 5.91 Å². The summed E-state index contributed by atoms with van der Waals surface area (Å²) in [5.74, 6) is 0.553. The summed E-state index contributed by atoms with van der Waals surface area (Å²) in [5, 5.41) is 3.60. The number of amides is 1. The van der Waals surface area contributed by atoms with Crippen molar-refractivity contribution in [2.45, 2.75) is 41.0 Å². The minimum Gasteiger partial charge on any atom is -1.00 e. The molecule has 0 saturated carbocycles. The first-order valence-corrected chi connectivity index (χ1v) is 5.50. The fraction of sp³-hybridized carbons (Fsp3) is 0.615. The number of halogens is 2. The average Bonchev–Trinajstić information content (AvgIpc) is 2.45. The molecule has 1 unspecified atom stereocenters. The minimum absolute atomic E-state index is 0. The van der Waals surface area contributed by atoms with Crippen LogP contribution in [0.5, 0.6) is 0 Å². The molecule has 0 heterocycles. The monoisotopic (exact) mass is 325 g/mol. The summed E-state index contributed by atoms with van der Waals surface area (Å²) in [7, 11) is 0. The second-order valence-electron chi connectivity index (χ2n) is 3.63. The van der Waals surface area contributed by atoms with Gasteiger partial charge in [-0.1, -0.05) is 33.6 Å². The third-order valence-electron chi connectivity index (χ3n) is 2.17. The van der Waals surface area contributed by atoms with Gasteiger partial charge in [-0.2, -0.15) is 6.08 Å². The van der Waals surface area contributed by atoms with Crippen molar-refractivity contribution in [2.24, 2.45) is 5.92 Å². The van der Waals surface area contributed by atoms with Gasteiger partial charge in [-0.25, -0.2) is 11.1 Å². The van der Waals surface area contributed by atoms with Gasteiger partial charge in [0.25, 0.3) is 0 Å². The molecule has 0 bridgehead atoms. The molecular weight excluding hydrogens is 305 g/mol. The molecule has 0 aliphatic heterocycles. The number of carbonyl (C=O) groups is 1. The molecule has 1 aliphatic rings. The maximum atomic E-state index is 10.2. The number of hydrogen-bond acceptors (Lipinski definition) is 1. The Kier molecular flexibility index (Phi) is 22.7. The number of carbonyl (C=O) groups excluding carboxylic acids is 1. The van der Waals surface area contributed by atoms with E-state index in [-0.39, 0.29) is 52.4 Å². The zero-order chi connectivity index (χ0) is 11.8. The quantitative estimate of drug-likeness (QED) is 0.413. The van der Waals surface area contributed by atoms with Gasteiger partial charge in [0.1, 0.15) is 0 Å². The molecule has 0 aromatic carbocycles. The topological polar surface area (TPSA) is 31.2 Å². The molecule has 0 radical (unpaired) electrons. The minimum atomic E-state index is 0. The summed E-state index contributed by atoms with van der Waals surface area (Å²) in [6, 6.07) is 0. The van der Waals surface area contributed by atoms with Crippen LogP contribution in [0.1, 0.15) is 41.0 Å². The normalized spacial score (nSPS) is 15.5. The summed E-state index contributed by atoms with van der Waals surface area (Å²) in [6.45, 7) is 10.7. The first-order valence-electron chi connectivity index (χ1n) is 5.50. The van der Waals surface area contributed by atoms with Crippen LogP contribution in [-0.2, 0) is 26.5 Å². The van der Waals surface area contributed by atoms with E-state index < -0.39 is 0 Å². The van der Waals surface area contributed by atoms with E-state index in [2.05, 4.69) is 38.2 Å². The fourth-order valence-electron chi connectivity index (χ4n) is 1.29. The molecule has 5 heteroatoms. The first-order chi connectivity index (χ1) is 7.01. The number of nitrogens with zero attached hydrogens (tertiary/aromatic N) is 1. The van der Waals surface area contributed by atoms with E-state index in [0.717, 1.165) is 0 Å². The third kappa shape index (κ3) is 12.7. The Morgan fingerprint density at radius 2 is 1.83 bits per heavy atom. The predicted molar refractivity (Wildman–Crippen MR) is 64.5 cm³/mol. The SMILES string of the molecule is CC1=[C-]C(C)C=C1C.CC[N-]C(=O)CC.[Cl-].[Cl-].[Ti+4]. The van der Waals surface area contributed by atoms with Crippen LogP contribution in [0, 0.1) is 12.0 Å². The summed E-state index contributed by atoms with van der Waals surface area (Å²) >= 11 is 0. The molecule has 1 aliphatic carbocycles. The summed E-state index contributed by atoms with van der Waals surface area (Å²) in [4.78, 5) is 10.2. The van der Waals surface area contributed by atoms with Crippen LogP contribution in [0.15, 0.2) is 17.2 Å². The molecule has 18 heavy (non-hydrogen) atoms. The number of allylic oxidation sites excluding steroid dienone is 4. The molecule has 0 saturated heterocycles. The Morgan fingerprint density at radius 3 is 1.94 bits per heavy atom. The Labute approximate surface area is 139 Å². The molecule has 1 amide bonds. The largest absolute Gasteiger partial charge is 4.00 e. The van der Waals surface area contributed by atoms with Crippen molar-refractivity contribution < 1.29 is 51.3 Å². The maximum Gasteiger partial charge on any atom is 4.00 e. The van der Waals surface area contributed by atoms with Crippen LogP contribution in [0.25, 0.3) is 5.32 Å². The Hall–Kier alpha value is 0.244. The molecule has 102 valence electrons. The Bertz CT molecular complexity index is 260. The molecule has 0 spiro atoms. The van der Waals surface area contributed by atoms with E-state index in [9.17, 15) is 4.79 Å². The van der Waals surface area contributed by atoms with Gasteiger partial charge in [0.2, 0.25) is 0 Å². The van der Waals surface area contributed by atoms with Crippen LogP contribution < -0.4 is 24.8 Å². The van der Waals surface area contributed by atoms with E-state index in [4.69, 9.17) is 0 Å². The molecule has 0 aromatic rings. The van der Waals surface area contributed by atoms with Gasteiger partial charge in [0, 0.05) is 0 Å². The van der Waals surface area contributed by atoms with Crippen LogP contribution in [0.4, 0.5) is 0 Å². The number of rotatable bonds is 2. The van der Waals surface area contributed by atoms with Gasteiger partial charge >= 0.3 is 21.7 Å². The Morgan fingerprint density at radius 1 is 1.33 bits per heavy atom. The van der Waals surface area contributed by atoms with Crippen molar-refractivity contribution in [1.82, 2.24) is 0 Å². The van der Waals surface area contributed by atoms with E-state index in [1.54, 1.807) is 0 Å². The van der Waals surface area contributed by atoms with Crippen LogP contribution in [-0.4, -0.2) is 12.5 Å². The molecule has 1 rings (SSSR count). The van der Waals surface area contributed by atoms with E-state index in [1.807, 2.05) is 13.8 Å². The van der Waals surface area contributed by atoms with Crippen molar-refractivity contribution in [3.05, 3.63) is 28.6 Å². The summed E-state index contributed by atoms with van der Waals surface area (Å²) in [5.41, 5.74) is 2.70. The zero-order valence-corrected chi connectivity index (χ0v) is 14.8. The maximum absolute atomic E-state index is 10.2. The van der Waals surface area contributed by atoms with E-state index in [1.165, 1.54) is 11.1 Å². The zero-order valence-electron chi connectivity index (χ0n) is 11.7. The van der Waals surface area contributed by atoms with Gasteiger partial charge in [-0.15, -0.1) is 13.5 Å². The van der Waals surface area contributed by atoms with Gasteiger partial charge in [0.05, 0.1) is 5.91 Å². The molecule has 2 nitrogen and oxygen atoms in total. The fourth-order valence-corrected chi connectivity index (χ4v) is 1.29. The summed E-state index contributed by atoms with van der Waals surface area (Å²) in [6.07, 6.45) is 6.06. The van der Waals surface area contributed by atoms with Crippen LogP contribution in [0.3, 0.4) is 0 Å². The third-order valence-corrected chi connectivity index (χ3v) is 2.17. The van der Waals surface area contributed by atoms with E-state index >= 15 is 0 Å².